The number of amides is 1. The van der Waals surface area contributed by atoms with Crippen molar-refractivity contribution >= 4 is 34.2 Å². The second-order valence-electron chi connectivity index (χ2n) is 8.42. The third-order valence-corrected chi connectivity index (χ3v) is 6.27. The molecule has 3 aromatic rings. The molecule has 1 saturated heterocycles. The van der Waals surface area contributed by atoms with Crippen LogP contribution in [-0.4, -0.2) is 33.4 Å². The van der Waals surface area contributed by atoms with E-state index in [1.165, 1.54) is 31.5 Å². The summed E-state index contributed by atoms with van der Waals surface area (Å²) >= 11 is 6.05. The van der Waals surface area contributed by atoms with Crippen molar-refractivity contribution in [2.45, 2.75) is 39.2 Å². The van der Waals surface area contributed by atoms with E-state index in [2.05, 4.69) is 34.3 Å². The van der Waals surface area contributed by atoms with E-state index < -0.39 is 0 Å². The molecular formula is C24H29ClN4O. The summed E-state index contributed by atoms with van der Waals surface area (Å²) < 4.78 is 2.02. The van der Waals surface area contributed by atoms with Gasteiger partial charge in [0.1, 0.15) is 5.82 Å². The molecule has 1 fully saturated rings. The molecule has 4 rings (SSSR count). The highest BCUT2D eigenvalue weighted by Crippen LogP contribution is 2.21. The molecule has 0 atom stereocenters. The summed E-state index contributed by atoms with van der Waals surface area (Å²) in [5.74, 6) is 1.73. The molecule has 158 valence electrons. The Kier molecular flexibility index (Phi) is 6.40. The Labute approximate surface area is 183 Å². The second-order valence-corrected chi connectivity index (χ2v) is 8.86. The summed E-state index contributed by atoms with van der Waals surface area (Å²) in [5, 5.41) is 3.67. The van der Waals surface area contributed by atoms with Gasteiger partial charge >= 0.3 is 0 Å². The lowest BCUT2D eigenvalue weighted by Gasteiger charge is -2.30. The molecule has 2 aromatic carbocycles. The molecule has 2 heterocycles. The van der Waals surface area contributed by atoms with E-state index in [0.29, 0.717) is 17.9 Å². The van der Waals surface area contributed by atoms with Crippen LogP contribution < -0.4 is 5.32 Å². The first-order chi connectivity index (χ1) is 14.5. The topological polar surface area (TPSA) is 50.2 Å². The van der Waals surface area contributed by atoms with Crippen LogP contribution in [-0.2, 0) is 24.8 Å². The van der Waals surface area contributed by atoms with Crippen molar-refractivity contribution in [3.63, 3.8) is 0 Å². The van der Waals surface area contributed by atoms with Gasteiger partial charge in [0.15, 0.2) is 0 Å². The maximum absolute atomic E-state index is 12.4. The number of halogens is 1. The van der Waals surface area contributed by atoms with Crippen molar-refractivity contribution in [3.05, 3.63) is 58.9 Å². The Morgan fingerprint density at radius 3 is 2.63 bits per heavy atom. The van der Waals surface area contributed by atoms with Crippen molar-refractivity contribution < 1.29 is 4.79 Å². The molecule has 0 spiro atoms. The van der Waals surface area contributed by atoms with Crippen molar-refractivity contribution in [2.24, 2.45) is 13.0 Å². The lowest BCUT2D eigenvalue weighted by atomic mass is 9.99. The molecule has 30 heavy (non-hydrogen) atoms. The predicted octanol–water partition coefficient (Wildman–Crippen LogP) is 5.03. The molecule has 1 N–H and O–H groups in total. The lowest BCUT2D eigenvalue weighted by Crippen LogP contribution is -2.32. The molecule has 0 radical (unpaired) electrons. The molecule has 0 bridgehead atoms. The summed E-state index contributed by atoms with van der Waals surface area (Å²) in [6.07, 6.45) is 3.54. The molecule has 0 unspecified atom stereocenters. The molecule has 5 nitrogen and oxygen atoms in total. The number of hydrogen-bond donors (Lipinski definition) is 1. The number of piperidine rings is 1. The smallest absolute Gasteiger partial charge is 0.224 e. The van der Waals surface area contributed by atoms with Crippen LogP contribution in [0.2, 0.25) is 5.02 Å². The predicted molar refractivity (Wildman–Crippen MR) is 123 cm³/mol. The Bertz CT molecular complexity index is 1020. The SMILES string of the molecule is CC1CCN(Cc2ccc(NC(=O)CCc3nc4cc(Cl)ccc4n3C)cc2)CC1. The van der Waals surface area contributed by atoms with Gasteiger partial charge in [-0.15, -0.1) is 0 Å². The normalized spacial score (nSPS) is 15.6. The van der Waals surface area contributed by atoms with Gasteiger partial charge in [0.2, 0.25) is 5.91 Å². The van der Waals surface area contributed by atoms with Gasteiger partial charge in [0.05, 0.1) is 11.0 Å². The third kappa shape index (κ3) is 5.02. The van der Waals surface area contributed by atoms with Crippen molar-refractivity contribution in [2.75, 3.05) is 18.4 Å². The Morgan fingerprint density at radius 2 is 1.90 bits per heavy atom. The number of aryl methyl sites for hydroxylation is 2. The lowest BCUT2D eigenvalue weighted by molar-refractivity contribution is -0.116. The number of imidazole rings is 1. The fraction of sp³-hybridized carbons (Fsp3) is 0.417. The van der Waals surface area contributed by atoms with Crippen LogP contribution in [0.4, 0.5) is 5.69 Å². The van der Waals surface area contributed by atoms with Crippen LogP contribution in [0.15, 0.2) is 42.5 Å². The van der Waals surface area contributed by atoms with Gasteiger partial charge in [-0.2, -0.15) is 0 Å². The van der Waals surface area contributed by atoms with E-state index in [1.54, 1.807) is 0 Å². The summed E-state index contributed by atoms with van der Waals surface area (Å²) in [5.41, 5.74) is 4.02. The van der Waals surface area contributed by atoms with Gasteiger partial charge in [-0.1, -0.05) is 30.7 Å². The third-order valence-electron chi connectivity index (χ3n) is 6.03. The minimum absolute atomic E-state index is 0.00198. The van der Waals surface area contributed by atoms with Crippen molar-refractivity contribution in [1.82, 2.24) is 14.5 Å². The number of nitrogens with zero attached hydrogens (tertiary/aromatic N) is 3. The van der Waals surface area contributed by atoms with E-state index in [0.717, 1.165) is 35.0 Å². The Hall–Kier alpha value is -2.37. The van der Waals surface area contributed by atoms with Crippen LogP contribution in [0.25, 0.3) is 11.0 Å². The monoisotopic (exact) mass is 424 g/mol. The summed E-state index contributed by atoms with van der Waals surface area (Å²) in [6.45, 7) is 5.67. The number of likely N-dealkylation sites (tertiary alicyclic amines) is 1. The average molecular weight is 425 g/mol. The maximum atomic E-state index is 12.4. The highest BCUT2D eigenvalue weighted by molar-refractivity contribution is 6.31. The summed E-state index contributed by atoms with van der Waals surface area (Å²) in [4.78, 5) is 19.6. The number of nitrogens with one attached hydrogen (secondary N) is 1. The van der Waals surface area contributed by atoms with E-state index in [4.69, 9.17) is 11.6 Å². The van der Waals surface area contributed by atoms with Crippen LogP contribution >= 0.6 is 11.6 Å². The Morgan fingerprint density at radius 1 is 1.17 bits per heavy atom. The van der Waals surface area contributed by atoms with Gasteiger partial charge in [-0.3, -0.25) is 9.69 Å². The van der Waals surface area contributed by atoms with Gasteiger partial charge in [-0.05, 0) is 67.7 Å². The minimum Gasteiger partial charge on any atom is -0.331 e. The van der Waals surface area contributed by atoms with E-state index in [-0.39, 0.29) is 5.91 Å². The number of carbonyl (C=O) groups is 1. The van der Waals surface area contributed by atoms with E-state index >= 15 is 0 Å². The average Bonchev–Trinajstić information content (AvgIpc) is 3.04. The quantitative estimate of drug-likeness (QED) is 0.603. The highest BCUT2D eigenvalue weighted by Gasteiger charge is 2.15. The fourth-order valence-electron chi connectivity index (χ4n) is 4.07. The van der Waals surface area contributed by atoms with Gasteiger partial charge in [0, 0.05) is 37.1 Å². The van der Waals surface area contributed by atoms with Crippen LogP contribution in [0.5, 0.6) is 0 Å². The standard InChI is InChI=1S/C24H29ClN4O/c1-17-11-13-29(14-12-17)16-18-3-6-20(7-4-18)26-24(30)10-9-23-27-21-15-19(25)5-8-22(21)28(23)2/h3-8,15,17H,9-14,16H2,1-2H3,(H,26,30). The molecule has 1 aliphatic heterocycles. The maximum Gasteiger partial charge on any atom is 0.224 e. The number of benzene rings is 2. The number of anilines is 1. The minimum atomic E-state index is -0.00198. The summed E-state index contributed by atoms with van der Waals surface area (Å²) in [7, 11) is 1.97. The number of aromatic nitrogens is 2. The first-order valence-corrected chi connectivity index (χ1v) is 11.1. The number of carbonyl (C=O) groups excluding carboxylic acids is 1. The summed E-state index contributed by atoms with van der Waals surface area (Å²) in [6, 6.07) is 13.9. The highest BCUT2D eigenvalue weighted by atomic mass is 35.5. The second kappa shape index (κ2) is 9.19. The Balaban J connectivity index is 1.29. The molecule has 1 aromatic heterocycles. The molecular weight excluding hydrogens is 396 g/mol. The zero-order valence-corrected chi connectivity index (χ0v) is 18.5. The zero-order valence-electron chi connectivity index (χ0n) is 17.7. The number of fused-ring (bicyclic) bond motifs is 1. The number of hydrogen-bond acceptors (Lipinski definition) is 3. The van der Waals surface area contributed by atoms with E-state index in [1.807, 2.05) is 41.9 Å². The van der Waals surface area contributed by atoms with Gasteiger partial charge in [0.25, 0.3) is 0 Å². The van der Waals surface area contributed by atoms with Crippen molar-refractivity contribution in [1.29, 1.82) is 0 Å². The molecule has 6 heteroatoms. The van der Waals surface area contributed by atoms with Gasteiger partial charge < -0.3 is 9.88 Å². The molecule has 0 aliphatic carbocycles. The first-order valence-electron chi connectivity index (χ1n) is 10.7. The first kappa shape index (κ1) is 20.9. The van der Waals surface area contributed by atoms with E-state index in [9.17, 15) is 4.79 Å². The fourth-order valence-corrected chi connectivity index (χ4v) is 4.23. The zero-order chi connectivity index (χ0) is 21.1. The van der Waals surface area contributed by atoms with Crippen LogP contribution in [0.1, 0.15) is 37.6 Å². The van der Waals surface area contributed by atoms with Crippen molar-refractivity contribution in [3.8, 4) is 0 Å². The molecule has 1 aliphatic rings. The van der Waals surface area contributed by atoms with Crippen LogP contribution in [0.3, 0.4) is 0 Å². The van der Waals surface area contributed by atoms with Gasteiger partial charge in [-0.25, -0.2) is 4.98 Å². The number of rotatable bonds is 6. The molecule has 0 saturated carbocycles. The largest absolute Gasteiger partial charge is 0.331 e. The molecule has 1 amide bonds. The van der Waals surface area contributed by atoms with Crippen LogP contribution in [0, 0.1) is 5.92 Å².